The fourth-order valence-electron chi connectivity index (χ4n) is 4.02. The minimum Gasteiger partial charge on any atom is -0.373 e. The molecule has 0 unspecified atom stereocenters. The van der Waals surface area contributed by atoms with E-state index in [1.807, 2.05) is 6.07 Å². The van der Waals surface area contributed by atoms with E-state index in [0.717, 1.165) is 6.54 Å². The number of anilines is 1. The van der Waals surface area contributed by atoms with Gasteiger partial charge < -0.3 is 4.90 Å². The second-order valence-corrected chi connectivity index (χ2v) is 7.41. The molecule has 109 valence electrons. The Hall–Kier alpha value is -1.32. The second-order valence-electron chi connectivity index (χ2n) is 6.45. The lowest BCUT2D eigenvalue weighted by atomic mass is 9.74. The number of para-hydroxylation sites is 1. The molecule has 1 aromatic carbocycles. The largest absolute Gasteiger partial charge is 0.373 e. The van der Waals surface area contributed by atoms with E-state index >= 15 is 0 Å². The van der Waals surface area contributed by atoms with Gasteiger partial charge in [0.2, 0.25) is 0 Å². The van der Waals surface area contributed by atoms with Gasteiger partial charge in [-0.25, -0.2) is 0 Å². The summed E-state index contributed by atoms with van der Waals surface area (Å²) < 4.78 is 0. The lowest BCUT2D eigenvalue weighted by Crippen LogP contribution is -2.44. The predicted octanol–water partition coefficient (Wildman–Crippen LogP) is 3.53. The first-order valence-corrected chi connectivity index (χ1v) is 8.56. The van der Waals surface area contributed by atoms with Crippen molar-refractivity contribution in [3.8, 4) is 0 Å². The standard InChI is InChI=1S/C18H21N2S/c1-19-14-18(16-6-2-3-7-17(16)19)8-10-20(11-9-18)13-15-5-4-12-21-15/h2-7H,8-11,13-14H2,1H3. The number of rotatable bonds is 2. The quantitative estimate of drug-likeness (QED) is 0.836. The van der Waals surface area contributed by atoms with Crippen molar-refractivity contribution in [3.63, 3.8) is 0 Å². The normalized spacial score (nSPS) is 20.9. The summed E-state index contributed by atoms with van der Waals surface area (Å²) in [4.78, 5) is 6.49. The SMILES string of the molecule is CN1CC2(CCN(Cc3cc[c]s3)CC2)c2ccccc21. The molecule has 0 saturated carbocycles. The van der Waals surface area contributed by atoms with Crippen molar-refractivity contribution in [2.45, 2.75) is 24.8 Å². The Kier molecular flexibility index (Phi) is 3.27. The first-order valence-electron chi connectivity index (χ1n) is 7.75. The molecule has 0 atom stereocenters. The molecule has 1 spiro atoms. The first-order chi connectivity index (χ1) is 10.3. The third-order valence-electron chi connectivity index (χ3n) is 5.15. The van der Waals surface area contributed by atoms with Gasteiger partial charge >= 0.3 is 0 Å². The fraction of sp³-hybridized carbons (Fsp3) is 0.444. The summed E-state index contributed by atoms with van der Waals surface area (Å²) in [5.74, 6) is 0. The smallest absolute Gasteiger partial charge is 0.0446 e. The van der Waals surface area contributed by atoms with Crippen molar-refractivity contribution in [1.29, 1.82) is 0 Å². The topological polar surface area (TPSA) is 6.48 Å². The predicted molar refractivity (Wildman–Crippen MR) is 89.1 cm³/mol. The van der Waals surface area contributed by atoms with Crippen LogP contribution in [0.5, 0.6) is 0 Å². The lowest BCUT2D eigenvalue weighted by molar-refractivity contribution is 0.161. The molecule has 0 aliphatic carbocycles. The van der Waals surface area contributed by atoms with Gasteiger partial charge in [0.15, 0.2) is 0 Å². The van der Waals surface area contributed by atoms with Crippen molar-refractivity contribution in [1.82, 2.24) is 4.90 Å². The van der Waals surface area contributed by atoms with Crippen LogP contribution in [0, 0.1) is 5.38 Å². The van der Waals surface area contributed by atoms with E-state index in [-0.39, 0.29) is 0 Å². The van der Waals surface area contributed by atoms with Crippen LogP contribution in [0.2, 0.25) is 0 Å². The van der Waals surface area contributed by atoms with Crippen LogP contribution in [0.4, 0.5) is 5.69 Å². The van der Waals surface area contributed by atoms with Gasteiger partial charge in [-0.1, -0.05) is 18.2 Å². The zero-order chi connectivity index (χ0) is 14.3. The van der Waals surface area contributed by atoms with Crippen LogP contribution >= 0.6 is 11.3 Å². The Bertz CT molecular complexity index is 612. The molecule has 2 aliphatic heterocycles. The Morgan fingerprint density at radius 3 is 2.76 bits per heavy atom. The van der Waals surface area contributed by atoms with Gasteiger partial charge in [-0.2, -0.15) is 0 Å². The molecule has 0 amide bonds. The number of thiophene rings is 1. The van der Waals surface area contributed by atoms with Crippen LogP contribution < -0.4 is 4.90 Å². The van der Waals surface area contributed by atoms with Crippen LogP contribution in [-0.4, -0.2) is 31.6 Å². The molecule has 4 rings (SSSR count). The van der Waals surface area contributed by atoms with Crippen molar-refractivity contribution >= 4 is 17.0 Å². The zero-order valence-electron chi connectivity index (χ0n) is 12.5. The zero-order valence-corrected chi connectivity index (χ0v) is 13.3. The van der Waals surface area contributed by atoms with Crippen molar-refractivity contribution in [2.24, 2.45) is 0 Å². The van der Waals surface area contributed by atoms with Gasteiger partial charge in [-0.15, -0.1) is 11.3 Å². The summed E-state index contributed by atoms with van der Waals surface area (Å²) in [6, 6.07) is 13.2. The number of hydrogen-bond donors (Lipinski definition) is 0. The summed E-state index contributed by atoms with van der Waals surface area (Å²) >= 11 is 1.75. The fourth-order valence-corrected chi connectivity index (χ4v) is 4.69. The lowest BCUT2D eigenvalue weighted by Gasteiger charge is -2.39. The van der Waals surface area contributed by atoms with Crippen molar-refractivity contribution in [3.05, 3.63) is 52.2 Å². The number of likely N-dealkylation sites (tertiary alicyclic amines) is 1. The molecule has 1 aromatic heterocycles. The maximum absolute atomic E-state index is 3.20. The Balaban J connectivity index is 1.50. The minimum absolute atomic E-state index is 0.392. The molecule has 1 saturated heterocycles. The van der Waals surface area contributed by atoms with Gasteiger partial charge in [0.05, 0.1) is 0 Å². The maximum Gasteiger partial charge on any atom is 0.0446 e. The average Bonchev–Trinajstić information content (AvgIpc) is 3.10. The molecule has 0 N–H and O–H groups in total. The van der Waals surface area contributed by atoms with E-state index in [9.17, 15) is 0 Å². The monoisotopic (exact) mass is 297 g/mol. The highest BCUT2D eigenvalue weighted by Gasteiger charge is 2.43. The molecule has 3 heterocycles. The van der Waals surface area contributed by atoms with Gasteiger partial charge in [0.1, 0.15) is 0 Å². The average molecular weight is 297 g/mol. The van der Waals surface area contributed by atoms with Crippen molar-refractivity contribution in [2.75, 3.05) is 31.6 Å². The first kappa shape index (κ1) is 13.4. The highest BCUT2D eigenvalue weighted by atomic mass is 32.1. The van der Waals surface area contributed by atoms with E-state index in [1.54, 1.807) is 16.9 Å². The van der Waals surface area contributed by atoms with Crippen LogP contribution in [0.15, 0.2) is 36.4 Å². The summed E-state index contributed by atoms with van der Waals surface area (Å²) in [6.07, 6.45) is 2.56. The van der Waals surface area contributed by atoms with Crippen molar-refractivity contribution < 1.29 is 0 Å². The van der Waals surface area contributed by atoms with Crippen LogP contribution in [0.25, 0.3) is 0 Å². The summed E-state index contributed by atoms with van der Waals surface area (Å²) in [5.41, 5.74) is 3.42. The summed E-state index contributed by atoms with van der Waals surface area (Å²) in [7, 11) is 2.24. The number of fused-ring (bicyclic) bond motifs is 2. The molecule has 1 radical (unpaired) electrons. The highest BCUT2D eigenvalue weighted by Crippen LogP contribution is 2.46. The molecule has 1 fully saturated rings. The number of likely N-dealkylation sites (N-methyl/N-ethyl adjacent to an activating group) is 1. The molecule has 2 aliphatic rings. The highest BCUT2D eigenvalue weighted by molar-refractivity contribution is 7.09. The van der Waals surface area contributed by atoms with E-state index in [4.69, 9.17) is 0 Å². The molecule has 21 heavy (non-hydrogen) atoms. The third kappa shape index (κ3) is 2.29. The van der Waals surface area contributed by atoms with Gasteiger partial charge in [-0.3, -0.25) is 4.90 Å². The number of benzene rings is 1. The van der Waals surface area contributed by atoms with Gasteiger partial charge in [-0.05, 0) is 49.7 Å². The Morgan fingerprint density at radius 1 is 1.19 bits per heavy atom. The molecular formula is C18H21N2S. The number of nitrogens with zero attached hydrogens (tertiary/aromatic N) is 2. The summed E-state index contributed by atoms with van der Waals surface area (Å²) in [6.45, 7) is 4.70. The van der Waals surface area contributed by atoms with Crippen LogP contribution in [0.3, 0.4) is 0 Å². The van der Waals surface area contributed by atoms with Gasteiger partial charge in [0, 0.05) is 41.5 Å². The molecule has 0 bridgehead atoms. The molecular weight excluding hydrogens is 276 g/mol. The molecule has 2 aromatic rings. The maximum atomic E-state index is 3.20. The third-order valence-corrected chi connectivity index (χ3v) is 5.93. The molecule has 2 nitrogen and oxygen atoms in total. The van der Waals surface area contributed by atoms with E-state index in [0.29, 0.717) is 5.41 Å². The summed E-state index contributed by atoms with van der Waals surface area (Å²) in [5, 5.41) is 3.20. The number of hydrogen-bond acceptors (Lipinski definition) is 3. The number of piperidine rings is 1. The van der Waals surface area contributed by atoms with E-state index < -0.39 is 0 Å². The minimum atomic E-state index is 0.392. The van der Waals surface area contributed by atoms with Gasteiger partial charge in [0.25, 0.3) is 0 Å². The Labute approximate surface area is 131 Å². The Morgan fingerprint density at radius 2 is 2.00 bits per heavy atom. The second kappa shape index (κ2) is 5.15. The molecule has 3 heteroatoms. The van der Waals surface area contributed by atoms with Crippen LogP contribution in [0.1, 0.15) is 23.3 Å². The van der Waals surface area contributed by atoms with E-state index in [2.05, 4.69) is 52.6 Å². The van der Waals surface area contributed by atoms with E-state index in [1.165, 1.54) is 43.0 Å². The van der Waals surface area contributed by atoms with Crippen LogP contribution in [-0.2, 0) is 12.0 Å².